The topological polar surface area (TPSA) is 72.9 Å². The van der Waals surface area contributed by atoms with Crippen molar-refractivity contribution in [2.75, 3.05) is 11.9 Å². The summed E-state index contributed by atoms with van der Waals surface area (Å²) in [5.41, 5.74) is 2.60. The van der Waals surface area contributed by atoms with Crippen LogP contribution in [0, 0.1) is 6.92 Å². The molecule has 0 saturated heterocycles. The SMILES string of the molecule is Cc1nc2ncc(-c3ccn4nc(NCC5(F)CCC5)ncc34)cc2n1C1CC(F)(F)C1. The summed E-state index contributed by atoms with van der Waals surface area (Å²) in [4.78, 5) is 13.3. The van der Waals surface area contributed by atoms with Crippen LogP contribution in [0.25, 0.3) is 27.8 Å². The molecule has 0 amide bonds. The summed E-state index contributed by atoms with van der Waals surface area (Å²) in [5.74, 6) is -1.55. The standard InChI is InChI=1S/C22H22F3N7/c1-13-29-19-17(32(13)15-8-22(24,25)9-15)7-14(10-26-19)16-3-6-31-18(16)11-27-20(30-31)28-12-21(23)4-2-5-21/h3,6-7,10-11,15H,2,4-5,8-9,12H2,1H3,(H,28,30). The van der Waals surface area contributed by atoms with E-state index in [4.69, 9.17) is 0 Å². The molecule has 32 heavy (non-hydrogen) atoms. The van der Waals surface area contributed by atoms with E-state index in [2.05, 4.69) is 25.4 Å². The lowest BCUT2D eigenvalue weighted by Crippen LogP contribution is -2.39. The van der Waals surface area contributed by atoms with E-state index in [0.717, 1.165) is 28.6 Å². The van der Waals surface area contributed by atoms with E-state index in [1.807, 2.05) is 29.8 Å². The van der Waals surface area contributed by atoms with Crippen LogP contribution in [-0.4, -0.2) is 47.3 Å². The summed E-state index contributed by atoms with van der Waals surface area (Å²) < 4.78 is 44.7. The van der Waals surface area contributed by atoms with E-state index in [1.165, 1.54) is 0 Å². The van der Waals surface area contributed by atoms with E-state index in [9.17, 15) is 13.2 Å². The molecule has 2 saturated carbocycles. The minimum absolute atomic E-state index is 0.178. The molecule has 7 nitrogen and oxygen atoms in total. The largest absolute Gasteiger partial charge is 0.350 e. The van der Waals surface area contributed by atoms with Gasteiger partial charge in [0.15, 0.2) is 5.65 Å². The molecule has 0 unspecified atom stereocenters. The number of pyridine rings is 1. The van der Waals surface area contributed by atoms with Crippen LogP contribution >= 0.6 is 0 Å². The lowest BCUT2D eigenvalue weighted by Gasteiger charge is -2.36. The molecule has 1 N–H and O–H groups in total. The average molecular weight is 441 g/mol. The van der Waals surface area contributed by atoms with E-state index >= 15 is 0 Å². The molecular weight excluding hydrogens is 419 g/mol. The predicted molar refractivity (Wildman–Crippen MR) is 114 cm³/mol. The highest BCUT2D eigenvalue weighted by atomic mass is 19.3. The van der Waals surface area contributed by atoms with Crippen LogP contribution in [0.15, 0.2) is 30.7 Å². The number of aryl methyl sites for hydroxylation is 1. The summed E-state index contributed by atoms with van der Waals surface area (Å²) in [6, 6.07) is 3.57. The van der Waals surface area contributed by atoms with Crippen molar-refractivity contribution in [3.8, 4) is 11.1 Å². The Bertz CT molecular complexity index is 1330. The summed E-state index contributed by atoms with van der Waals surface area (Å²) in [5, 5.41) is 7.43. The van der Waals surface area contributed by atoms with E-state index < -0.39 is 11.6 Å². The second-order valence-corrected chi connectivity index (χ2v) is 9.01. The number of anilines is 1. The maximum Gasteiger partial charge on any atom is 0.252 e. The fourth-order valence-electron chi connectivity index (χ4n) is 4.71. The van der Waals surface area contributed by atoms with Gasteiger partial charge in [-0.3, -0.25) is 0 Å². The van der Waals surface area contributed by atoms with Crippen LogP contribution in [0.2, 0.25) is 0 Å². The molecule has 2 aliphatic carbocycles. The van der Waals surface area contributed by atoms with Crippen LogP contribution in [-0.2, 0) is 0 Å². The summed E-state index contributed by atoms with van der Waals surface area (Å²) in [7, 11) is 0. The van der Waals surface area contributed by atoms with Crippen molar-refractivity contribution in [3.63, 3.8) is 0 Å². The van der Waals surface area contributed by atoms with Crippen molar-refractivity contribution < 1.29 is 13.2 Å². The highest BCUT2D eigenvalue weighted by molar-refractivity contribution is 5.85. The molecule has 10 heteroatoms. The zero-order valence-corrected chi connectivity index (χ0v) is 17.5. The number of hydrogen-bond acceptors (Lipinski definition) is 5. The van der Waals surface area contributed by atoms with Crippen molar-refractivity contribution in [2.24, 2.45) is 0 Å². The number of aromatic nitrogens is 6. The zero-order valence-electron chi connectivity index (χ0n) is 17.5. The summed E-state index contributed by atoms with van der Waals surface area (Å²) >= 11 is 0. The minimum Gasteiger partial charge on any atom is -0.350 e. The summed E-state index contributed by atoms with van der Waals surface area (Å²) in [6.45, 7) is 2.02. The van der Waals surface area contributed by atoms with Crippen LogP contribution in [0.5, 0.6) is 0 Å². The lowest BCUT2D eigenvalue weighted by atomic mass is 9.82. The monoisotopic (exact) mass is 441 g/mol. The Hall–Kier alpha value is -3.17. The second kappa shape index (κ2) is 6.66. The number of rotatable bonds is 5. The van der Waals surface area contributed by atoms with E-state index in [-0.39, 0.29) is 25.4 Å². The number of fused-ring (bicyclic) bond motifs is 2. The molecule has 0 radical (unpaired) electrons. The fraction of sp³-hybridized carbons (Fsp3) is 0.455. The van der Waals surface area contributed by atoms with Gasteiger partial charge in [-0.15, -0.1) is 5.10 Å². The molecular formula is C22H22F3N7. The van der Waals surface area contributed by atoms with Crippen LogP contribution in [0.4, 0.5) is 19.1 Å². The van der Waals surface area contributed by atoms with Gasteiger partial charge in [0.25, 0.3) is 5.92 Å². The molecule has 0 spiro atoms. The molecule has 166 valence electrons. The van der Waals surface area contributed by atoms with Gasteiger partial charge in [-0.2, -0.15) is 0 Å². The average Bonchev–Trinajstić information content (AvgIpc) is 3.28. The molecule has 0 atom stereocenters. The number of hydrogen-bond donors (Lipinski definition) is 1. The lowest BCUT2D eigenvalue weighted by molar-refractivity contribution is -0.103. The molecule has 2 fully saturated rings. The van der Waals surface area contributed by atoms with Crippen molar-refractivity contribution >= 4 is 22.6 Å². The Labute approximate surface area is 181 Å². The van der Waals surface area contributed by atoms with Crippen molar-refractivity contribution in [2.45, 2.75) is 56.7 Å². The summed E-state index contributed by atoms with van der Waals surface area (Å²) in [6.07, 6.45) is 6.92. The Kier molecular flexibility index (Phi) is 4.06. The molecule has 0 aromatic carbocycles. The van der Waals surface area contributed by atoms with Gasteiger partial charge in [0.2, 0.25) is 5.95 Å². The second-order valence-electron chi connectivity index (χ2n) is 9.01. The molecule has 4 heterocycles. The van der Waals surface area contributed by atoms with Gasteiger partial charge in [-0.25, -0.2) is 32.6 Å². The van der Waals surface area contributed by atoms with Crippen molar-refractivity contribution in [1.29, 1.82) is 0 Å². The first kappa shape index (κ1) is 19.5. The fourth-order valence-corrected chi connectivity index (χ4v) is 4.71. The van der Waals surface area contributed by atoms with E-state index in [0.29, 0.717) is 30.3 Å². The van der Waals surface area contributed by atoms with Crippen molar-refractivity contribution in [1.82, 2.24) is 29.1 Å². The van der Waals surface area contributed by atoms with Crippen LogP contribution in [0.3, 0.4) is 0 Å². The van der Waals surface area contributed by atoms with Gasteiger partial charge >= 0.3 is 0 Å². The third-order valence-electron chi connectivity index (χ3n) is 6.70. The third kappa shape index (κ3) is 3.11. The first-order valence-electron chi connectivity index (χ1n) is 10.8. The van der Waals surface area contributed by atoms with Gasteiger partial charge in [-0.05, 0) is 38.3 Å². The maximum atomic E-state index is 14.2. The quantitative estimate of drug-likeness (QED) is 0.485. The number of nitrogens with zero attached hydrogens (tertiary/aromatic N) is 6. The van der Waals surface area contributed by atoms with Gasteiger partial charge < -0.3 is 9.88 Å². The maximum absolute atomic E-state index is 14.2. The predicted octanol–water partition coefficient (Wildman–Crippen LogP) is 4.72. The molecule has 4 aromatic rings. The smallest absolute Gasteiger partial charge is 0.252 e. The van der Waals surface area contributed by atoms with Crippen molar-refractivity contribution in [3.05, 3.63) is 36.5 Å². The minimum atomic E-state index is -2.61. The van der Waals surface area contributed by atoms with Gasteiger partial charge in [0, 0.05) is 42.4 Å². The van der Waals surface area contributed by atoms with Gasteiger partial charge in [0.1, 0.15) is 11.5 Å². The Morgan fingerprint density at radius 3 is 2.66 bits per heavy atom. The molecule has 0 aliphatic heterocycles. The number of imidazole rings is 1. The Morgan fingerprint density at radius 2 is 1.94 bits per heavy atom. The third-order valence-corrected chi connectivity index (χ3v) is 6.70. The van der Waals surface area contributed by atoms with Gasteiger partial charge in [-0.1, -0.05) is 0 Å². The number of alkyl halides is 3. The number of halogens is 3. The number of nitrogens with one attached hydrogen (secondary N) is 1. The molecule has 0 bridgehead atoms. The van der Waals surface area contributed by atoms with Gasteiger partial charge in [0.05, 0.1) is 23.8 Å². The highest BCUT2D eigenvalue weighted by Gasteiger charge is 2.47. The van der Waals surface area contributed by atoms with E-state index in [1.54, 1.807) is 16.9 Å². The molecule has 2 aliphatic rings. The molecule has 4 aromatic heterocycles. The Morgan fingerprint density at radius 1 is 1.12 bits per heavy atom. The first-order valence-corrected chi connectivity index (χ1v) is 10.8. The van der Waals surface area contributed by atoms with Crippen LogP contribution in [0.1, 0.15) is 44.0 Å². The zero-order chi connectivity index (χ0) is 22.1. The molecule has 6 rings (SSSR count). The van der Waals surface area contributed by atoms with Crippen LogP contribution < -0.4 is 5.32 Å². The highest BCUT2D eigenvalue weighted by Crippen LogP contribution is 2.47. The normalized spacial score (nSPS) is 19.8. The first-order chi connectivity index (χ1) is 15.3. The Balaban J connectivity index is 1.32.